The van der Waals surface area contributed by atoms with Crippen molar-refractivity contribution in [2.75, 3.05) is 0 Å². The number of nitrogens with one attached hydrogen (secondary N) is 1. The largest absolute Gasteiger partial charge is 0.388 e. The number of hydrogen-bond donors (Lipinski definition) is 2. The topological polar surface area (TPSA) is 53.1 Å². The lowest BCUT2D eigenvalue weighted by molar-refractivity contribution is 0.193. The van der Waals surface area contributed by atoms with E-state index < -0.39 is 0 Å². The van der Waals surface area contributed by atoms with Crippen molar-refractivity contribution >= 4 is 17.2 Å². The fourth-order valence-corrected chi connectivity index (χ4v) is 2.74. The number of nitrogens with two attached hydrogens (primary N) is 1. The monoisotopic (exact) mass is 237 g/mol. The third-order valence-electron chi connectivity index (χ3n) is 3.04. The van der Waals surface area contributed by atoms with Crippen LogP contribution < -0.4 is 5.73 Å². The minimum absolute atomic E-state index is 0.295. The van der Waals surface area contributed by atoms with E-state index in [9.17, 15) is 0 Å². The van der Waals surface area contributed by atoms with E-state index >= 15 is 0 Å². The summed E-state index contributed by atoms with van der Waals surface area (Å²) in [6.07, 6.45) is 3.28. The number of rotatable bonds is 6. The highest BCUT2D eigenvalue weighted by atomic mass is 32.1. The molecule has 3 N–H and O–H groups in total. The van der Waals surface area contributed by atoms with Crippen LogP contribution >= 0.6 is 11.3 Å². The number of nitrogens with zero attached hydrogens (tertiary/aromatic N) is 1. The minimum Gasteiger partial charge on any atom is -0.388 e. The molecule has 2 rings (SSSR count). The molecule has 1 aromatic heterocycles. The standard InChI is InChI=1S/C12H19N3S/c1-9(6-12(13)14)15(11-2-3-11)7-10-4-5-16-8-10/h4-5,8-9,11H,2-3,6-7H2,1H3,(H3,13,14). The summed E-state index contributed by atoms with van der Waals surface area (Å²) in [5, 5.41) is 11.7. The van der Waals surface area contributed by atoms with Crippen LogP contribution in [0.25, 0.3) is 0 Å². The zero-order chi connectivity index (χ0) is 11.5. The Balaban J connectivity index is 1.96. The Labute approximate surface area is 101 Å². The Morgan fingerprint density at radius 2 is 2.44 bits per heavy atom. The normalized spacial score (nSPS) is 17.6. The molecule has 0 bridgehead atoms. The molecule has 1 aliphatic carbocycles. The average Bonchev–Trinajstić information content (AvgIpc) is 2.91. The SMILES string of the molecule is CC(CC(=N)N)N(Cc1ccsc1)C1CC1. The fourth-order valence-electron chi connectivity index (χ4n) is 2.08. The van der Waals surface area contributed by atoms with Crippen molar-refractivity contribution in [1.29, 1.82) is 5.41 Å². The molecule has 0 spiro atoms. The van der Waals surface area contributed by atoms with Gasteiger partial charge in [0.15, 0.2) is 0 Å². The molecule has 0 amide bonds. The van der Waals surface area contributed by atoms with Crippen molar-refractivity contribution in [3.63, 3.8) is 0 Å². The highest BCUT2D eigenvalue weighted by Gasteiger charge is 2.32. The summed E-state index contributed by atoms with van der Waals surface area (Å²) in [5.74, 6) is 0.295. The van der Waals surface area contributed by atoms with Crippen LogP contribution in [0.3, 0.4) is 0 Å². The predicted molar refractivity (Wildman–Crippen MR) is 68.9 cm³/mol. The molecule has 0 aliphatic heterocycles. The van der Waals surface area contributed by atoms with Crippen molar-refractivity contribution in [2.24, 2.45) is 5.73 Å². The van der Waals surface area contributed by atoms with Crippen LogP contribution in [-0.2, 0) is 6.54 Å². The van der Waals surface area contributed by atoms with Crippen LogP contribution in [0, 0.1) is 5.41 Å². The Hall–Kier alpha value is -0.870. The van der Waals surface area contributed by atoms with E-state index in [0.29, 0.717) is 24.3 Å². The van der Waals surface area contributed by atoms with Gasteiger partial charge in [0.05, 0.1) is 5.84 Å². The van der Waals surface area contributed by atoms with Crippen molar-refractivity contribution in [1.82, 2.24) is 4.90 Å². The molecule has 1 atom stereocenters. The second-order valence-corrected chi connectivity index (χ2v) is 5.39. The molecule has 3 nitrogen and oxygen atoms in total. The maximum atomic E-state index is 7.38. The maximum Gasteiger partial charge on any atom is 0.0920 e. The molecular weight excluding hydrogens is 218 g/mol. The summed E-state index contributed by atoms with van der Waals surface area (Å²) >= 11 is 1.75. The van der Waals surface area contributed by atoms with E-state index in [1.165, 1.54) is 18.4 Å². The summed E-state index contributed by atoms with van der Waals surface area (Å²) in [5.41, 5.74) is 6.87. The second kappa shape index (κ2) is 4.97. The Kier molecular flexibility index (Phi) is 3.61. The molecule has 1 unspecified atom stereocenters. The van der Waals surface area contributed by atoms with Crippen LogP contribution in [0.4, 0.5) is 0 Å². The van der Waals surface area contributed by atoms with E-state index in [-0.39, 0.29) is 0 Å². The molecular formula is C12H19N3S. The van der Waals surface area contributed by atoms with Crippen molar-refractivity contribution in [2.45, 2.75) is 44.8 Å². The third-order valence-corrected chi connectivity index (χ3v) is 3.77. The Bertz CT molecular complexity index is 343. The first-order chi connectivity index (χ1) is 7.66. The highest BCUT2D eigenvalue weighted by Crippen LogP contribution is 2.31. The molecule has 0 radical (unpaired) electrons. The van der Waals surface area contributed by atoms with Gasteiger partial charge in [0.2, 0.25) is 0 Å². The Morgan fingerprint density at radius 1 is 1.69 bits per heavy atom. The highest BCUT2D eigenvalue weighted by molar-refractivity contribution is 7.07. The maximum absolute atomic E-state index is 7.38. The first-order valence-corrected chi connectivity index (χ1v) is 6.71. The average molecular weight is 237 g/mol. The van der Waals surface area contributed by atoms with Crippen molar-refractivity contribution < 1.29 is 0 Å². The first-order valence-electron chi connectivity index (χ1n) is 5.76. The number of hydrogen-bond acceptors (Lipinski definition) is 3. The van der Waals surface area contributed by atoms with Crippen molar-refractivity contribution in [3.05, 3.63) is 22.4 Å². The van der Waals surface area contributed by atoms with E-state index in [0.717, 1.165) is 6.54 Å². The summed E-state index contributed by atoms with van der Waals surface area (Å²) < 4.78 is 0. The van der Waals surface area contributed by atoms with Crippen molar-refractivity contribution in [3.8, 4) is 0 Å². The second-order valence-electron chi connectivity index (χ2n) is 4.61. The van der Waals surface area contributed by atoms with E-state index in [4.69, 9.17) is 11.1 Å². The van der Waals surface area contributed by atoms with Crippen LogP contribution in [0.1, 0.15) is 31.7 Å². The molecule has 1 fully saturated rings. The van der Waals surface area contributed by atoms with Gasteiger partial charge in [-0.25, -0.2) is 0 Å². The van der Waals surface area contributed by atoms with Gasteiger partial charge >= 0.3 is 0 Å². The van der Waals surface area contributed by atoms with Gasteiger partial charge < -0.3 is 5.73 Å². The summed E-state index contributed by atoms with van der Waals surface area (Å²) in [6, 6.07) is 3.28. The van der Waals surface area contributed by atoms with Gasteiger partial charge in [-0.15, -0.1) is 0 Å². The van der Waals surface area contributed by atoms with E-state index in [1.807, 2.05) is 0 Å². The molecule has 0 saturated heterocycles. The summed E-state index contributed by atoms with van der Waals surface area (Å²) in [4.78, 5) is 2.49. The predicted octanol–water partition coefficient (Wildman–Crippen LogP) is 2.43. The lowest BCUT2D eigenvalue weighted by Crippen LogP contribution is -2.37. The number of amidine groups is 1. The first kappa shape index (κ1) is 11.6. The molecule has 0 aromatic carbocycles. The van der Waals surface area contributed by atoms with Crippen LogP contribution in [0.15, 0.2) is 16.8 Å². The van der Waals surface area contributed by atoms with Gasteiger partial charge in [0, 0.05) is 25.0 Å². The molecule has 1 aromatic rings. The lowest BCUT2D eigenvalue weighted by Gasteiger charge is -2.28. The van der Waals surface area contributed by atoms with Gasteiger partial charge in [-0.05, 0) is 42.2 Å². The third kappa shape index (κ3) is 3.06. The molecule has 1 saturated carbocycles. The van der Waals surface area contributed by atoms with Gasteiger partial charge in [0.1, 0.15) is 0 Å². The van der Waals surface area contributed by atoms with E-state index in [1.54, 1.807) is 11.3 Å². The smallest absolute Gasteiger partial charge is 0.0920 e. The van der Waals surface area contributed by atoms with Gasteiger partial charge in [-0.1, -0.05) is 0 Å². The lowest BCUT2D eigenvalue weighted by atomic mass is 10.1. The summed E-state index contributed by atoms with van der Waals surface area (Å²) in [6.45, 7) is 3.18. The molecule has 16 heavy (non-hydrogen) atoms. The van der Waals surface area contributed by atoms with Gasteiger partial charge in [0.25, 0.3) is 0 Å². The molecule has 4 heteroatoms. The fraction of sp³-hybridized carbons (Fsp3) is 0.583. The van der Waals surface area contributed by atoms with Crippen LogP contribution in [0.5, 0.6) is 0 Å². The molecule has 88 valence electrons. The summed E-state index contributed by atoms with van der Waals surface area (Å²) in [7, 11) is 0. The van der Waals surface area contributed by atoms with E-state index in [2.05, 4.69) is 28.7 Å². The van der Waals surface area contributed by atoms with Gasteiger partial charge in [-0.2, -0.15) is 11.3 Å². The number of thiophene rings is 1. The zero-order valence-corrected chi connectivity index (χ0v) is 10.5. The molecule has 1 heterocycles. The van der Waals surface area contributed by atoms with Crippen LogP contribution in [-0.4, -0.2) is 22.8 Å². The Morgan fingerprint density at radius 3 is 2.94 bits per heavy atom. The van der Waals surface area contributed by atoms with Crippen LogP contribution in [0.2, 0.25) is 0 Å². The minimum atomic E-state index is 0.295. The quantitative estimate of drug-likeness (QED) is 0.590. The van der Waals surface area contributed by atoms with Gasteiger partial charge in [-0.3, -0.25) is 10.3 Å². The molecule has 1 aliphatic rings. The zero-order valence-electron chi connectivity index (χ0n) is 9.65.